The second-order valence-corrected chi connectivity index (χ2v) is 9.06. The maximum Gasteiger partial charge on any atom is 0.291 e. The van der Waals surface area contributed by atoms with Crippen LogP contribution in [0.1, 0.15) is 51.0 Å². The predicted octanol–water partition coefficient (Wildman–Crippen LogP) is 6.08. The topological polar surface area (TPSA) is 76.4 Å². The highest BCUT2D eigenvalue weighted by Crippen LogP contribution is 2.44. The van der Waals surface area contributed by atoms with E-state index in [1.165, 1.54) is 16.7 Å². The number of carbonyl (C=O) groups excluding carboxylic acids is 1. The number of aryl methyl sites for hydroxylation is 1. The number of rotatable bonds is 7. The Bertz CT molecular complexity index is 1240. The predicted molar refractivity (Wildman–Crippen MR) is 130 cm³/mol. The standard InChI is InChI=1S/C26H25N3O3S/c1-31-18-9-6-8-17(16-18)24(28-22-13-4-5-14-27-22)23-19-10-2-3-12-21(19)33-26(23)29-25(30)20-11-7-15-32-20/h4-9,11,13-16,24H,2-3,10,12H2,1H3,(H,27,28)(H,29,30). The van der Waals surface area contributed by atoms with Crippen molar-refractivity contribution < 1.29 is 13.9 Å². The maximum atomic E-state index is 12.9. The molecule has 168 valence electrons. The zero-order valence-electron chi connectivity index (χ0n) is 18.3. The van der Waals surface area contributed by atoms with E-state index in [1.807, 2.05) is 36.4 Å². The molecule has 0 radical (unpaired) electrons. The molecule has 1 aromatic carbocycles. The van der Waals surface area contributed by atoms with Gasteiger partial charge in [0.1, 0.15) is 16.6 Å². The van der Waals surface area contributed by atoms with Crippen molar-refractivity contribution >= 4 is 28.1 Å². The van der Waals surface area contributed by atoms with Crippen LogP contribution in [0.25, 0.3) is 0 Å². The fourth-order valence-electron chi connectivity index (χ4n) is 4.30. The Morgan fingerprint density at radius 1 is 1.12 bits per heavy atom. The largest absolute Gasteiger partial charge is 0.497 e. The molecule has 1 amide bonds. The highest BCUT2D eigenvalue weighted by molar-refractivity contribution is 7.16. The maximum absolute atomic E-state index is 12.9. The highest BCUT2D eigenvalue weighted by atomic mass is 32.1. The van der Waals surface area contributed by atoms with Gasteiger partial charge >= 0.3 is 0 Å². The number of thiophene rings is 1. The fourth-order valence-corrected chi connectivity index (χ4v) is 5.62. The van der Waals surface area contributed by atoms with E-state index < -0.39 is 0 Å². The van der Waals surface area contributed by atoms with Crippen molar-refractivity contribution in [1.82, 2.24) is 4.98 Å². The van der Waals surface area contributed by atoms with Crippen LogP contribution in [0, 0.1) is 0 Å². The molecule has 0 aliphatic heterocycles. The number of carbonyl (C=O) groups is 1. The van der Waals surface area contributed by atoms with Gasteiger partial charge < -0.3 is 19.8 Å². The third-order valence-corrected chi connectivity index (χ3v) is 7.08. The van der Waals surface area contributed by atoms with Gasteiger partial charge in [-0.05, 0) is 73.2 Å². The summed E-state index contributed by atoms with van der Waals surface area (Å²) in [6, 6.07) is 17.0. The Morgan fingerprint density at radius 3 is 2.82 bits per heavy atom. The van der Waals surface area contributed by atoms with E-state index >= 15 is 0 Å². The average molecular weight is 460 g/mol. The van der Waals surface area contributed by atoms with Crippen LogP contribution < -0.4 is 15.4 Å². The number of pyridine rings is 1. The number of nitrogens with zero attached hydrogens (tertiary/aromatic N) is 1. The second-order valence-electron chi connectivity index (χ2n) is 7.95. The Labute approximate surface area is 196 Å². The summed E-state index contributed by atoms with van der Waals surface area (Å²) in [5, 5.41) is 7.59. The van der Waals surface area contributed by atoms with Crippen molar-refractivity contribution in [3.8, 4) is 5.75 Å². The molecule has 1 unspecified atom stereocenters. The van der Waals surface area contributed by atoms with E-state index in [0.717, 1.165) is 53.4 Å². The number of fused-ring (bicyclic) bond motifs is 1. The zero-order chi connectivity index (χ0) is 22.6. The van der Waals surface area contributed by atoms with E-state index in [-0.39, 0.29) is 11.9 Å². The minimum atomic E-state index is -0.248. The number of aromatic nitrogens is 1. The zero-order valence-corrected chi connectivity index (χ0v) is 19.2. The molecule has 0 saturated heterocycles. The summed E-state index contributed by atoms with van der Waals surface area (Å²) in [6.07, 6.45) is 7.59. The lowest BCUT2D eigenvalue weighted by molar-refractivity contribution is 0.0997. The summed E-state index contributed by atoms with van der Waals surface area (Å²) < 4.78 is 10.8. The van der Waals surface area contributed by atoms with Gasteiger partial charge in [-0.25, -0.2) is 4.98 Å². The molecule has 33 heavy (non-hydrogen) atoms. The van der Waals surface area contributed by atoms with Crippen LogP contribution >= 0.6 is 11.3 Å². The first kappa shape index (κ1) is 21.3. The van der Waals surface area contributed by atoms with Crippen LogP contribution in [-0.4, -0.2) is 18.0 Å². The molecule has 0 saturated carbocycles. The third-order valence-electron chi connectivity index (χ3n) is 5.86. The second kappa shape index (κ2) is 9.50. The lowest BCUT2D eigenvalue weighted by Crippen LogP contribution is -2.18. The van der Waals surface area contributed by atoms with Gasteiger partial charge in [0.25, 0.3) is 5.91 Å². The van der Waals surface area contributed by atoms with Crippen molar-refractivity contribution in [3.63, 3.8) is 0 Å². The Kier molecular flexibility index (Phi) is 6.13. The van der Waals surface area contributed by atoms with Gasteiger partial charge in [0.2, 0.25) is 0 Å². The molecule has 2 N–H and O–H groups in total. The molecule has 0 bridgehead atoms. The van der Waals surface area contributed by atoms with Crippen molar-refractivity contribution in [2.45, 2.75) is 31.7 Å². The van der Waals surface area contributed by atoms with Crippen LogP contribution in [0.4, 0.5) is 10.8 Å². The summed E-state index contributed by atoms with van der Waals surface area (Å²) in [7, 11) is 1.67. The SMILES string of the molecule is COc1cccc(C(Nc2ccccn2)c2c(NC(=O)c3ccco3)sc3c2CCCC3)c1. The summed E-state index contributed by atoms with van der Waals surface area (Å²) in [5.41, 5.74) is 3.45. The van der Waals surface area contributed by atoms with Crippen LogP contribution in [0.3, 0.4) is 0 Å². The third kappa shape index (κ3) is 4.50. The quantitative estimate of drug-likeness (QED) is 0.350. The van der Waals surface area contributed by atoms with Gasteiger partial charge in [-0.2, -0.15) is 0 Å². The summed E-state index contributed by atoms with van der Waals surface area (Å²) >= 11 is 1.67. The first-order valence-electron chi connectivity index (χ1n) is 11.0. The number of benzene rings is 1. The number of amides is 1. The van der Waals surface area contributed by atoms with Crippen molar-refractivity contribution in [2.75, 3.05) is 17.7 Å². The molecular weight excluding hydrogens is 434 g/mol. The van der Waals surface area contributed by atoms with E-state index in [9.17, 15) is 4.79 Å². The van der Waals surface area contributed by atoms with Crippen molar-refractivity contribution in [2.24, 2.45) is 0 Å². The van der Waals surface area contributed by atoms with Gasteiger partial charge in [-0.1, -0.05) is 18.2 Å². The Morgan fingerprint density at radius 2 is 2.03 bits per heavy atom. The number of ether oxygens (including phenoxy) is 1. The minimum Gasteiger partial charge on any atom is -0.497 e. The molecular formula is C26H25N3O3S. The summed E-state index contributed by atoms with van der Waals surface area (Å²) in [6.45, 7) is 0. The number of furan rings is 1. The summed E-state index contributed by atoms with van der Waals surface area (Å²) in [5.74, 6) is 1.60. The fraction of sp³-hybridized carbons (Fsp3) is 0.231. The van der Waals surface area contributed by atoms with E-state index in [2.05, 4.69) is 21.7 Å². The van der Waals surface area contributed by atoms with Crippen LogP contribution in [-0.2, 0) is 12.8 Å². The smallest absolute Gasteiger partial charge is 0.291 e. The van der Waals surface area contributed by atoms with Crippen molar-refractivity contribution in [3.05, 3.63) is 94.4 Å². The Balaban J connectivity index is 1.62. The van der Waals surface area contributed by atoms with Crippen LogP contribution in [0.5, 0.6) is 5.75 Å². The normalized spacial score (nSPS) is 13.7. The first-order chi connectivity index (χ1) is 16.2. The van der Waals surface area contributed by atoms with Crippen LogP contribution in [0.15, 0.2) is 71.5 Å². The number of nitrogens with one attached hydrogen (secondary N) is 2. The first-order valence-corrected chi connectivity index (χ1v) is 11.9. The Hall–Kier alpha value is -3.58. The van der Waals surface area contributed by atoms with Gasteiger partial charge in [-0.15, -0.1) is 11.3 Å². The van der Waals surface area contributed by atoms with Crippen LogP contribution in [0.2, 0.25) is 0 Å². The van der Waals surface area contributed by atoms with Crippen molar-refractivity contribution in [1.29, 1.82) is 0 Å². The molecule has 3 heterocycles. The highest BCUT2D eigenvalue weighted by Gasteiger charge is 2.29. The minimum absolute atomic E-state index is 0.208. The lowest BCUT2D eigenvalue weighted by Gasteiger charge is -2.24. The average Bonchev–Trinajstić information content (AvgIpc) is 3.52. The summed E-state index contributed by atoms with van der Waals surface area (Å²) in [4.78, 5) is 18.7. The number of methoxy groups -OCH3 is 1. The molecule has 1 aliphatic carbocycles. The number of anilines is 2. The lowest BCUT2D eigenvalue weighted by atomic mass is 9.89. The monoisotopic (exact) mass is 459 g/mol. The van der Waals surface area contributed by atoms with E-state index in [4.69, 9.17) is 9.15 Å². The molecule has 7 heteroatoms. The van der Waals surface area contributed by atoms with Gasteiger partial charge in [0.05, 0.1) is 19.4 Å². The molecule has 3 aromatic heterocycles. The molecule has 1 aliphatic rings. The molecule has 1 atom stereocenters. The molecule has 4 aromatic rings. The van der Waals surface area contributed by atoms with Gasteiger partial charge in [0.15, 0.2) is 5.76 Å². The molecule has 5 rings (SSSR count). The van der Waals surface area contributed by atoms with E-state index in [0.29, 0.717) is 5.76 Å². The molecule has 6 nitrogen and oxygen atoms in total. The van der Waals surface area contributed by atoms with Gasteiger partial charge in [0, 0.05) is 16.6 Å². The molecule has 0 spiro atoms. The molecule has 0 fully saturated rings. The number of hydrogen-bond acceptors (Lipinski definition) is 6. The number of hydrogen-bond donors (Lipinski definition) is 2. The van der Waals surface area contributed by atoms with Gasteiger partial charge in [-0.3, -0.25) is 4.79 Å². The van der Waals surface area contributed by atoms with E-state index in [1.54, 1.807) is 36.8 Å².